The quantitative estimate of drug-likeness (QED) is 0.0299. The highest BCUT2D eigenvalue weighted by Crippen LogP contribution is 2.21. The molecule has 0 aromatic rings. The summed E-state index contributed by atoms with van der Waals surface area (Å²) in [5.74, 6) is -0.876. The van der Waals surface area contributed by atoms with Crippen LogP contribution >= 0.6 is 0 Å². The van der Waals surface area contributed by atoms with Crippen LogP contribution in [0.15, 0.2) is 72.9 Å². The molecule has 0 spiro atoms. The average molecular weight is 761 g/mol. The van der Waals surface area contributed by atoms with E-state index in [9.17, 15) is 30.0 Å². The van der Waals surface area contributed by atoms with Gasteiger partial charge in [-0.1, -0.05) is 125 Å². The molecule has 0 radical (unpaired) electrons. The minimum absolute atomic E-state index is 0.195. The lowest BCUT2D eigenvalue weighted by Gasteiger charge is -2.38. The van der Waals surface area contributed by atoms with Gasteiger partial charge in [0, 0.05) is 12.8 Å². The number of aliphatic hydroxyl groups excluding tert-OH is 4. The summed E-state index contributed by atoms with van der Waals surface area (Å²) in [7, 11) is 0. The molecule has 1 heterocycles. The maximum Gasteiger partial charge on any atom is 0.306 e. The lowest BCUT2D eigenvalue weighted by Crippen LogP contribution is -2.58. The van der Waals surface area contributed by atoms with Gasteiger partial charge in [0.05, 0.1) is 6.61 Å². The molecule has 6 atom stereocenters. The predicted octanol–water partition coefficient (Wildman–Crippen LogP) is 8.39. The summed E-state index contributed by atoms with van der Waals surface area (Å²) in [5, 5.41) is 39.8. The fraction of sp³-hybridized carbons (Fsp3) is 0.682. The minimum Gasteiger partial charge on any atom is -0.462 e. The maximum absolute atomic E-state index is 12.7. The third-order valence-corrected chi connectivity index (χ3v) is 8.78. The molecule has 0 amide bonds. The molecular weight excluding hydrogens is 688 g/mol. The average Bonchev–Trinajstić information content (AvgIpc) is 3.16. The van der Waals surface area contributed by atoms with E-state index in [1.165, 1.54) is 0 Å². The molecule has 1 unspecified atom stereocenters. The molecule has 54 heavy (non-hydrogen) atoms. The molecule has 0 bridgehead atoms. The Morgan fingerprint density at radius 1 is 0.537 bits per heavy atom. The second kappa shape index (κ2) is 34.6. The zero-order chi connectivity index (χ0) is 39.5. The number of carbonyl (C=O) groups excluding carboxylic acids is 2. The molecule has 4 N–H and O–H groups in total. The smallest absolute Gasteiger partial charge is 0.306 e. The molecule has 0 aromatic carbocycles. The number of hydrogen-bond donors (Lipinski definition) is 4. The van der Waals surface area contributed by atoms with Crippen LogP contribution in [-0.4, -0.2) is 82.6 Å². The Hall–Kier alpha value is -2.86. The summed E-state index contributed by atoms with van der Waals surface area (Å²) >= 11 is 0. The lowest BCUT2D eigenvalue weighted by molar-refractivity contribution is -0.342. The van der Waals surface area contributed by atoms with Crippen molar-refractivity contribution in [2.45, 2.75) is 179 Å². The normalized spacial score (nSPS) is 21.5. The van der Waals surface area contributed by atoms with Gasteiger partial charge in [-0.25, -0.2) is 0 Å². The summed E-state index contributed by atoms with van der Waals surface area (Å²) in [4.78, 5) is 25.2. The third-order valence-electron chi connectivity index (χ3n) is 8.78. The molecule has 1 saturated heterocycles. The Kier molecular flexibility index (Phi) is 31.5. The van der Waals surface area contributed by atoms with Crippen molar-refractivity contribution < 1.29 is 49.0 Å². The van der Waals surface area contributed by atoms with Gasteiger partial charge in [-0.3, -0.25) is 9.59 Å². The Labute approximate surface area is 325 Å². The largest absolute Gasteiger partial charge is 0.462 e. The number of aliphatic hydroxyl groups is 4. The molecule has 0 saturated carbocycles. The maximum atomic E-state index is 12.7. The van der Waals surface area contributed by atoms with Gasteiger partial charge in [-0.05, 0) is 77.0 Å². The number of esters is 2. The molecule has 1 aliphatic heterocycles. The number of hydrogen-bond acceptors (Lipinski definition) is 10. The van der Waals surface area contributed by atoms with Gasteiger partial charge >= 0.3 is 11.9 Å². The SMILES string of the molecule is CC/C=C\C/C=C\C/C=C\CCCCCCCC(=O)OCC(CO[C@@H]1O[C@H](O)[C@H](O)[C@H](O)[C@H]1O)OC(=O)CCCCCCC/C=C\C/C=C\C/C=C\CC. The molecule has 0 aliphatic carbocycles. The van der Waals surface area contributed by atoms with E-state index in [0.717, 1.165) is 103 Å². The Bertz CT molecular complexity index is 1110. The van der Waals surface area contributed by atoms with E-state index in [0.29, 0.717) is 12.8 Å². The molecule has 0 aromatic heterocycles. The number of carbonyl (C=O) groups is 2. The fourth-order valence-corrected chi connectivity index (χ4v) is 5.57. The zero-order valence-corrected chi connectivity index (χ0v) is 33.2. The minimum atomic E-state index is -1.77. The second-order valence-electron chi connectivity index (χ2n) is 13.7. The van der Waals surface area contributed by atoms with Gasteiger partial charge < -0.3 is 39.4 Å². The van der Waals surface area contributed by atoms with E-state index in [4.69, 9.17) is 18.9 Å². The number of unbranched alkanes of at least 4 members (excludes halogenated alkanes) is 10. The van der Waals surface area contributed by atoms with Crippen molar-refractivity contribution in [2.75, 3.05) is 13.2 Å². The van der Waals surface area contributed by atoms with E-state index < -0.39 is 48.9 Å². The standard InChI is InChI=1S/C44H72O10/c1-3-5-7-9-11-13-15-17-19-21-23-25-27-29-31-33-38(45)51-35-37(36-52-44-42(49)40(47)41(48)43(50)54-44)53-39(46)34-32-30-28-26-24-22-20-18-16-14-12-10-8-6-4-2/h5-8,11-14,17-20,37,40-44,47-50H,3-4,9-10,15-16,21-36H2,1-2H3/b7-5-,8-6-,13-11-,14-12-,19-17-,20-18-/t37?,40-,41+,42+,43-,44+/m0/s1. The number of allylic oxidation sites excluding steroid dienone is 12. The molecule has 10 heteroatoms. The van der Waals surface area contributed by atoms with Crippen molar-refractivity contribution in [1.82, 2.24) is 0 Å². The van der Waals surface area contributed by atoms with Gasteiger partial charge in [0.1, 0.15) is 24.9 Å². The Balaban J connectivity index is 2.35. The van der Waals surface area contributed by atoms with Crippen LogP contribution in [0.3, 0.4) is 0 Å². The first-order valence-corrected chi connectivity index (χ1v) is 20.5. The highest BCUT2D eigenvalue weighted by molar-refractivity contribution is 5.70. The fourth-order valence-electron chi connectivity index (χ4n) is 5.57. The van der Waals surface area contributed by atoms with Crippen molar-refractivity contribution >= 4 is 11.9 Å². The van der Waals surface area contributed by atoms with Gasteiger partial charge in [0.25, 0.3) is 0 Å². The first-order valence-electron chi connectivity index (χ1n) is 20.5. The van der Waals surface area contributed by atoms with Crippen molar-refractivity contribution in [3.05, 3.63) is 72.9 Å². The van der Waals surface area contributed by atoms with E-state index in [-0.39, 0.29) is 26.1 Å². The number of ether oxygens (including phenoxy) is 4. The van der Waals surface area contributed by atoms with Crippen LogP contribution in [0.5, 0.6) is 0 Å². The second-order valence-corrected chi connectivity index (χ2v) is 13.7. The topological polar surface area (TPSA) is 152 Å². The third kappa shape index (κ3) is 26.8. The monoisotopic (exact) mass is 761 g/mol. The van der Waals surface area contributed by atoms with E-state index in [2.05, 4.69) is 86.8 Å². The summed E-state index contributed by atoms with van der Waals surface area (Å²) in [5.41, 5.74) is 0. The summed E-state index contributed by atoms with van der Waals surface area (Å²) in [6, 6.07) is 0. The van der Waals surface area contributed by atoms with E-state index in [1.807, 2.05) is 0 Å². The van der Waals surface area contributed by atoms with Gasteiger partial charge in [-0.15, -0.1) is 0 Å². The summed E-state index contributed by atoms with van der Waals surface area (Å²) in [6.07, 6.45) is 35.0. The highest BCUT2D eigenvalue weighted by atomic mass is 16.7. The van der Waals surface area contributed by atoms with Crippen LogP contribution in [0.4, 0.5) is 0 Å². The number of rotatable bonds is 32. The molecule has 10 nitrogen and oxygen atoms in total. The summed E-state index contributed by atoms with van der Waals surface area (Å²) < 4.78 is 21.6. The van der Waals surface area contributed by atoms with Crippen molar-refractivity contribution in [3.8, 4) is 0 Å². The van der Waals surface area contributed by atoms with E-state index >= 15 is 0 Å². The Morgan fingerprint density at radius 3 is 1.50 bits per heavy atom. The molecule has 308 valence electrons. The van der Waals surface area contributed by atoms with Gasteiger partial charge in [0.2, 0.25) is 0 Å². The molecular formula is C44H72O10. The molecule has 1 rings (SSSR count). The van der Waals surface area contributed by atoms with Crippen LogP contribution in [0, 0.1) is 0 Å². The van der Waals surface area contributed by atoms with Gasteiger partial charge in [0.15, 0.2) is 18.7 Å². The zero-order valence-electron chi connectivity index (χ0n) is 33.2. The van der Waals surface area contributed by atoms with Crippen LogP contribution in [0.25, 0.3) is 0 Å². The first kappa shape index (κ1) is 49.2. The first-order chi connectivity index (χ1) is 26.3. The van der Waals surface area contributed by atoms with Crippen LogP contribution in [-0.2, 0) is 28.5 Å². The molecule has 1 aliphatic rings. The van der Waals surface area contributed by atoms with Gasteiger partial charge in [-0.2, -0.15) is 0 Å². The van der Waals surface area contributed by atoms with E-state index in [1.54, 1.807) is 0 Å². The van der Waals surface area contributed by atoms with Crippen LogP contribution < -0.4 is 0 Å². The Morgan fingerprint density at radius 2 is 0.981 bits per heavy atom. The lowest BCUT2D eigenvalue weighted by atomic mass is 10.0. The predicted molar refractivity (Wildman–Crippen MR) is 214 cm³/mol. The van der Waals surface area contributed by atoms with Crippen molar-refractivity contribution in [3.63, 3.8) is 0 Å². The van der Waals surface area contributed by atoms with Crippen molar-refractivity contribution in [2.24, 2.45) is 0 Å². The van der Waals surface area contributed by atoms with Crippen molar-refractivity contribution in [1.29, 1.82) is 0 Å². The van der Waals surface area contributed by atoms with Crippen LogP contribution in [0.2, 0.25) is 0 Å². The highest BCUT2D eigenvalue weighted by Gasteiger charge is 2.44. The van der Waals surface area contributed by atoms with Crippen LogP contribution in [0.1, 0.15) is 142 Å². The molecule has 1 fully saturated rings. The summed E-state index contributed by atoms with van der Waals surface area (Å²) in [6.45, 7) is 3.69.